The number of aliphatic hydroxyl groups excluding tert-OH is 3. The fourth-order valence-electron chi connectivity index (χ4n) is 3.37. The van der Waals surface area contributed by atoms with Gasteiger partial charge in [-0.1, -0.05) is 13.3 Å². The maximum atomic E-state index is 11.9. The SMILES string of the molecule is CCCCC(=O)C[C@@H]1CC[C@@H](O)[C@@H]2[C@H](O)[C@H](O)CN12. The van der Waals surface area contributed by atoms with Crippen molar-refractivity contribution in [2.75, 3.05) is 6.54 Å². The molecule has 5 heteroatoms. The molecule has 110 valence electrons. The van der Waals surface area contributed by atoms with Gasteiger partial charge < -0.3 is 15.3 Å². The van der Waals surface area contributed by atoms with E-state index in [9.17, 15) is 20.1 Å². The Morgan fingerprint density at radius 1 is 1.21 bits per heavy atom. The van der Waals surface area contributed by atoms with Gasteiger partial charge in [-0.3, -0.25) is 9.69 Å². The van der Waals surface area contributed by atoms with Gasteiger partial charge in [-0.05, 0) is 19.3 Å². The molecule has 3 N–H and O–H groups in total. The van der Waals surface area contributed by atoms with Crippen molar-refractivity contribution in [3.05, 3.63) is 0 Å². The van der Waals surface area contributed by atoms with Crippen LogP contribution in [-0.4, -0.2) is 62.9 Å². The molecule has 2 aliphatic rings. The second kappa shape index (κ2) is 6.31. The molecule has 0 aromatic heterocycles. The van der Waals surface area contributed by atoms with E-state index in [1.54, 1.807) is 0 Å². The molecule has 0 unspecified atom stereocenters. The third-order valence-electron chi connectivity index (χ3n) is 4.46. The fraction of sp³-hybridized carbons (Fsp3) is 0.929. The van der Waals surface area contributed by atoms with Gasteiger partial charge in [0.05, 0.1) is 24.4 Å². The summed E-state index contributed by atoms with van der Waals surface area (Å²) in [7, 11) is 0. The molecule has 0 aromatic rings. The molecule has 0 spiro atoms. The van der Waals surface area contributed by atoms with Crippen LogP contribution < -0.4 is 0 Å². The summed E-state index contributed by atoms with van der Waals surface area (Å²) in [5, 5.41) is 29.6. The van der Waals surface area contributed by atoms with Crippen LogP contribution in [-0.2, 0) is 4.79 Å². The number of aliphatic hydroxyl groups is 3. The Labute approximate surface area is 114 Å². The zero-order valence-corrected chi connectivity index (χ0v) is 11.5. The number of rotatable bonds is 5. The van der Waals surface area contributed by atoms with Crippen LogP contribution in [0.2, 0.25) is 0 Å². The number of hydrogen-bond acceptors (Lipinski definition) is 5. The normalized spacial score (nSPS) is 39.3. The van der Waals surface area contributed by atoms with Crippen molar-refractivity contribution in [1.82, 2.24) is 4.90 Å². The molecule has 0 amide bonds. The average Bonchev–Trinajstić information content (AvgIpc) is 2.68. The molecule has 0 aliphatic carbocycles. The molecule has 0 aromatic carbocycles. The van der Waals surface area contributed by atoms with Gasteiger partial charge in [0.2, 0.25) is 0 Å². The monoisotopic (exact) mass is 271 g/mol. The van der Waals surface area contributed by atoms with E-state index in [-0.39, 0.29) is 11.8 Å². The molecule has 2 rings (SSSR count). The number of hydrogen-bond donors (Lipinski definition) is 3. The first-order chi connectivity index (χ1) is 9.04. The highest BCUT2D eigenvalue weighted by Gasteiger charge is 2.48. The van der Waals surface area contributed by atoms with Crippen LogP contribution >= 0.6 is 0 Å². The Kier molecular flexibility index (Phi) is 4.95. The molecule has 19 heavy (non-hydrogen) atoms. The number of nitrogens with zero attached hydrogens (tertiary/aromatic N) is 1. The number of carbonyl (C=O) groups is 1. The first kappa shape index (κ1) is 14.9. The van der Waals surface area contributed by atoms with Crippen molar-refractivity contribution in [3.63, 3.8) is 0 Å². The van der Waals surface area contributed by atoms with Crippen LogP contribution in [0.5, 0.6) is 0 Å². The molecule has 2 saturated heterocycles. The van der Waals surface area contributed by atoms with E-state index in [4.69, 9.17) is 0 Å². The third kappa shape index (κ3) is 3.16. The number of fused-ring (bicyclic) bond motifs is 1. The van der Waals surface area contributed by atoms with Gasteiger partial charge in [-0.15, -0.1) is 0 Å². The molecular weight excluding hydrogens is 246 g/mol. The maximum Gasteiger partial charge on any atom is 0.134 e. The van der Waals surface area contributed by atoms with Gasteiger partial charge in [0.1, 0.15) is 5.78 Å². The molecule has 0 radical (unpaired) electrons. The predicted molar refractivity (Wildman–Crippen MR) is 70.7 cm³/mol. The predicted octanol–water partition coefficient (Wildman–Crippen LogP) is 0.0651. The Bertz CT molecular complexity index is 323. The van der Waals surface area contributed by atoms with Gasteiger partial charge >= 0.3 is 0 Å². The highest BCUT2D eigenvalue weighted by Crippen LogP contribution is 2.33. The van der Waals surface area contributed by atoms with Crippen LogP contribution in [0.1, 0.15) is 45.4 Å². The van der Waals surface area contributed by atoms with Crippen LogP contribution in [0.3, 0.4) is 0 Å². The quantitative estimate of drug-likeness (QED) is 0.659. The number of Topliss-reactive ketones (excluding diaryl/α,β-unsaturated/α-hetero) is 1. The van der Waals surface area contributed by atoms with Crippen molar-refractivity contribution < 1.29 is 20.1 Å². The number of unbranched alkanes of at least 4 members (excludes halogenated alkanes) is 1. The van der Waals surface area contributed by atoms with Gasteiger partial charge in [-0.2, -0.15) is 0 Å². The number of ketones is 1. The third-order valence-corrected chi connectivity index (χ3v) is 4.46. The Balaban J connectivity index is 1.97. The molecular formula is C14H25NO4. The zero-order valence-electron chi connectivity index (χ0n) is 11.5. The van der Waals surface area contributed by atoms with Crippen molar-refractivity contribution in [2.24, 2.45) is 0 Å². The topological polar surface area (TPSA) is 81.0 Å². The Hall–Kier alpha value is -0.490. The van der Waals surface area contributed by atoms with Crippen LogP contribution in [0.15, 0.2) is 0 Å². The molecule has 0 bridgehead atoms. The first-order valence-electron chi connectivity index (χ1n) is 7.36. The molecule has 5 atom stereocenters. The summed E-state index contributed by atoms with van der Waals surface area (Å²) in [5.41, 5.74) is 0. The minimum atomic E-state index is -0.899. The van der Waals surface area contributed by atoms with Crippen molar-refractivity contribution >= 4 is 5.78 Å². The summed E-state index contributed by atoms with van der Waals surface area (Å²) < 4.78 is 0. The largest absolute Gasteiger partial charge is 0.391 e. The highest BCUT2D eigenvalue weighted by atomic mass is 16.3. The Morgan fingerprint density at radius 2 is 1.95 bits per heavy atom. The first-order valence-corrected chi connectivity index (χ1v) is 7.36. The molecule has 2 aliphatic heterocycles. The molecule has 5 nitrogen and oxygen atoms in total. The second-order valence-electron chi connectivity index (χ2n) is 5.89. The standard InChI is InChI=1S/C14H25NO4/c1-2-3-4-10(16)7-9-5-6-11(17)13-14(19)12(18)8-15(9)13/h9,11-14,17-19H,2-8H2,1H3/t9-,11+,12+,13+,14+/m0/s1. The van der Waals surface area contributed by atoms with E-state index < -0.39 is 24.4 Å². The zero-order chi connectivity index (χ0) is 14.0. The van der Waals surface area contributed by atoms with Gasteiger partial charge in [-0.25, -0.2) is 0 Å². The average molecular weight is 271 g/mol. The lowest BCUT2D eigenvalue weighted by Gasteiger charge is -2.41. The van der Waals surface area contributed by atoms with E-state index in [2.05, 4.69) is 6.92 Å². The van der Waals surface area contributed by atoms with E-state index in [0.717, 1.165) is 19.3 Å². The molecule has 2 heterocycles. The van der Waals surface area contributed by atoms with Crippen molar-refractivity contribution in [2.45, 2.75) is 75.8 Å². The van der Waals surface area contributed by atoms with Gasteiger partial charge in [0, 0.05) is 25.4 Å². The van der Waals surface area contributed by atoms with E-state index in [0.29, 0.717) is 25.8 Å². The van der Waals surface area contributed by atoms with Crippen LogP contribution in [0.25, 0.3) is 0 Å². The Morgan fingerprint density at radius 3 is 2.63 bits per heavy atom. The van der Waals surface area contributed by atoms with Crippen LogP contribution in [0.4, 0.5) is 0 Å². The molecule has 2 fully saturated rings. The van der Waals surface area contributed by atoms with Gasteiger partial charge in [0.25, 0.3) is 0 Å². The lowest BCUT2D eigenvalue weighted by atomic mass is 9.89. The highest BCUT2D eigenvalue weighted by molar-refractivity contribution is 5.79. The molecule has 0 saturated carbocycles. The fourth-order valence-corrected chi connectivity index (χ4v) is 3.37. The van der Waals surface area contributed by atoms with E-state index in [1.807, 2.05) is 4.90 Å². The second-order valence-corrected chi connectivity index (χ2v) is 5.89. The van der Waals surface area contributed by atoms with Gasteiger partial charge in [0.15, 0.2) is 0 Å². The van der Waals surface area contributed by atoms with Crippen molar-refractivity contribution in [1.29, 1.82) is 0 Å². The minimum absolute atomic E-state index is 0.0598. The number of carbonyl (C=O) groups excluding carboxylic acids is 1. The van der Waals surface area contributed by atoms with Crippen molar-refractivity contribution in [3.8, 4) is 0 Å². The maximum absolute atomic E-state index is 11.9. The number of piperidine rings is 1. The summed E-state index contributed by atoms with van der Waals surface area (Å²) in [6.07, 6.45) is 2.05. The lowest BCUT2D eigenvalue weighted by Crippen LogP contribution is -2.53. The summed E-state index contributed by atoms with van der Waals surface area (Å²) in [5.74, 6) is 0.248. The summed E-state index contributed by atoms with van der Waals surface area (Å²) >= 11 is 0. The van der Waals surface area contributed by atoms with Crippen LogP contribution in [0, 0.1) is 0 Å². The summed E-state index contributed by atoms with van der Waals surface area (Å²) in [6, 6.07) is -0.350. The minimum Gasteiger partial charge on any atom is -0.391 e. The summed E-state index contributed by atoms with van der Waals surface area (Å²) in [6.45, 7) is 2.42. The smallest absolute Gasteiger partial charge is 0.134 e. The van der Waals surface area contributed by atoms with E-state index >= 15 is 0 Å². The lowest BCUT2D eigenvalue weighted by molar-refractivity contribution is -0.122. The van der Waals surface area contributed by atoms with E-state index in [1.165, 1.54) is 0 Å². The summed E-state index contributed by atoms with van der Waals surface area (Å²) in [4.78, 5) is 13.8.